The van der Waals surface area contributed by atoms with Crippen LogP contribution < -0.4 is 4.74 Å². The molecule has 0 bridgehead atoms. The van der Waals surface area contributed by atoms with Gasteiger partial charge in [-0.1, -0.05) is 54.1 Å². The topological polar surface area (TPSA) is 109 Å². The van der Waals surface area contributed by atoms with Gasteiger partial charge < -0.3 is 24.0 Å². The molecule has 3 aromatic carbocycles. The molecule has 0 aliphatic carbocycles. The number of benzene rings is 3. The van der Waals surface area contributed by atoms with Gasteiger partial charge in [-0.3, -0.25) is 0 Å². The Morgan fingerprint density at radius 2 is 1.86 bits per heavy atom. The van der Waals surface area contributed by atoms with Crippen molar-refractivity contribution in [2.75, 3.05) is 13.2 Å². The van der Waals surface area contributed by atoms with Gasteiger partial charge in [-0.25, -0.2) is 9.37 Å². The zero-order valence-corrected chi connectivity index (χ0v) is 20.2. The van der Waals surface area contributed by atoms with Crippen molar-refractivity contribution in [1.82, 2.24) is 9.55 Å². The molecule has 0 saturated carbocycles. The second-order valence-corrected chi connectivity index (χ2v) is 8.51. The van der Waals surface area contributed by atoms with Crippen LogP contribution in [0, 0.1) is 15.9 Å². The Balaban J connectivity index is 0.000000747. The van der Waals surface area contributed by atoms with Crippen LogP contribution in [0.4, 0.5) is 4.39 Å². The van der Waals surface area contributed by atoms with Crippen LogP contribution in [-0.2, 0) is 21.8 Å². The molecule has 0 amide bonds. The van der Waals surface area contributed by atoms with Gasteiger partial charge in [0.1, 0.15) is 24.3 Å². The van der Waals surface area contributed by atoms with Crippen LogP contribution >= 0.6 is 11.6 Å². The van der Waals surface area contributed by atoms with E-state index < -0.39 is 16.7 Å². The number of hydrogen-bond acceptors (Lipinski definition) is 6. The maximum absolute atomic E-state index is 13.7. The predicted molar refractivity (Wildman–Crippen MR) is 132 cm³/mol. The maximum Gasteiger partial charge on any atom is 0.291 e. The van der Waals surface area contributed by atoms with E-state index in [-0.39, 0.29) is 11.1 Å². The fourth-order valence-electron chi connectivity index (χ4n) is 3.94. The fourth-order valence-corrected chi connectivity index (χ4v) is 4.25. The summed E-state index contributed by atoms with van der Waals surface area (Å²) >= 11 is 6.37. The van der Waals surface area contributed by atoms with E-state index in [9.17, 15) is 4.39 Å². The van der Waals surface area contributed by atoms with Crippen LogP contribution in [0.3, 0.4) is 0 Å². The molecule has 0 spiro atoms. The minimum atomic E-state index is -1.50. The molecule has 1 N–H and O–H groups in total. The van der Waals surface area contributed by atoms with Crippen LogP contribution in [0.5, 0.6) is 5.75 Å². The summed E-state index contributed by atoms with van der Waals surface area (Å²) in [6, 6.07) is 22.3. The molecular weight excluding hydrogens is 505 g/mol. The van der Waals surface area contributed by atoms with Gasteiger partial charge >= 0.3 is 0 Å². The van der Waals surface area contributed by atoms with Gasteiger partial charge in [-0.2, -0.15) is 0 Å². The first-order valence-corrected chi connectivity index (χ1v) is 11.6. The van der Waals surface area contributed by atoms with Gasteiger partial charge in [-0.05, 0) is 41.5 Å². The fraction of sp³-hybridized carbons (Fsp3) is 0.192. The number of ether oxygens (including phenoxy) is 3. The summed E-state index contributed by atoms with van der Waals surface area (Å²) in [7, 11) is 0. The Kier molecular flexibility index (Phi) is 8.34. The first-order chi connectivity index (χ1) is 17.8. The van der Waals surface area contributed by atoms with E-state index in [1.54, 1.807) is 18.6 Å². The lowest BCUT2D eigenvalue weighted by molar-refractivity contribution is -0.742. The summed E-state index contributed by atoms with van der Waals surface area (Å²) in [5, 5.41) is 13.9. The number of rotatable bonds is 7. The third kappa shape index (κ3) is 6.82. The van der Waals surface area contributed by atoms with E-state index >= 15 is 0 Å². The molecule has 2 atom stereocenters. The zero-order chi connectivity index (χ0) is 26.3. The van der Waals surface area contributed by atoms with E-state index in [1.807, 2.05) is 53.2 Å². The molecule has 11 heteroatoms. The highest BCUT2D eigenvalue weighted by Crippen LogP contribution is 2.40. The second-order valence-electron chi connectivity index (χ2n) is 8.10. The van der Waals surface area contributed by atoms with Crippen molar-refractivity contribution < 1.29 is 28.9 Å². The number of imidazole rings is 1. The number of aromatic nitrogens is 2. The van der Waals surface area contributed by atoms with Crippen molar-refractivity contribution in [3.05, 3.63) is 118 Å². The lowest BCUT2D eigenvalue weighted by atomic mass is 10.1. The van der Waals surface area contributed by atoms with Gasteiger partial charge in [-0.15, -0.1) is 10.1 Å². The van der Waals surface area contributed by atoms with E-state index in [0.717, 1.165) is 16.9 Å². The van der Waals surface area contributed by atoms with Gasteiger partial charge in [0.2, 0.25) is 5.79 Å². The lowest BCUT2D eigenvalue weighted by Crippen LogP contribution is -2.34. The molecule has 4 aromatic rings. The van der Waals surface area contributed by atoms with Crippen molar-refractivity contribution in [3.8, 4) is 16.9 Å². The first kappa shape index (κ1) is 26.1. The molecule has 1 aliphatic rings. The Morgan fingerprint density at radius 3 is 2.51 bits per heavy atom. The predicted octanol–water partition coefficient (Wildman–Crippen LogP) is 5.34. The standard InChI is InChI=1S/C26H22ClFN2O3.HNO3/c27-25-14-21(28)8-11-24(25)26(17-30-13-12-29-18-30)32-16-23(33-26)15-31-22-9-6-20(7-10-22)19-4-2-1-3-5-19;2-1(3)4/h1-14,18,23H,15-17H2;(H,2,3,4). The largest absolute Gasteiger partial charge is 0.491 e. The molecule has 1 saturated heterocycles. The van der Waals surface area contributed by atoms with E-state index in [4.69, 9.17) is 41.1 Å². The summed E-state index contributed by atoms with van der Waals surface area (Å²) in [6.45, 7) is 0.931. The minimum Gasteiger partial charge on any atom is -0.491 e. The average Bonchev–Trinajstić information content (AvgIpc) is 3.54. The monoisotopic (exact) mass is 527 g/mol. The van der Waals surface area contributed by atoms with E-state index in [0.29, 0.717) is 25.3 Å². The first-order valence-electron chi connectivity index (χ1n) is 11.2. The van der Waals surface area contributed by atoms with Crippen molar-refractivity contribution in [1.29, 1.82) is 0 Å². The summed E-state index contributed by atoms with van der Waals surface area (Å²) < 4.78 is 34.0. The number of nitrogens with zero attached hydrogens (tertiary/aromatic N) is 3. The Bertz CT molecular complexity index is 1300. The van der Waals surface area contributed by atoms with Crippen molar-refractivity contribution in [2.24, 2.45) is 0 Å². The van der Waals surface area contributed by atoms with Gasteiger partial charge in [0.25, 0.3) is 5.09 Å². The van der Waals surface area contributed by atoms with E-state index in [2.05, 4.69) is 17.1 Å². The van der Waals surface area contributed by atoms with Crippen LogP contribution in [0.25, 0.3) is 11.1 Å². The highest BCUT2D eigenvalue weighted by atomic mass is 35.5. The Morgan fingerprint density at radius 1 is 1.16 bits per heavy atom. The SMILES string of the molecule is Fc1ccc(C2(Cn3ccnc3)OCC(COc3ccc(-c4ccccc4)cc3)O2)c(Cl)c1.O=[N+]([O-])O. The van der Waals surface area contributed by atoms with Crippen LogP contribution in [0.15, 0.2) is 91.5 Å². The molecule has 37 heavy (non-hydrogen) atoms. The second kappa shape index (κ2) is 11.8. The Labute approximate surface area is 216 Å². The molecule has 1 fully saturated rings. The molecular formula is C26H23ClFN3O6. The van der Waals surface area contributed by atoms with Crippen molar-refractivity contribution in [2.45, 2.75) is 18.4 Å². The summed E-state index contributed by atoms with van der Waals surface area (Å²) in [5.41, 5.74) is 2.83. The van der Waals surface area contributed by atoms with Gasteiger partial charge in [0, 0.05) is 18.0 Å². The van der Waals surface area contributed by atoms with Gasteiger partial charge in [0.15, 0.2) is 0 Å². The average molecular weight is 528 g/mol. The lowest BCUT2D eigenvalue weighted by Gasteiger charge is -2.29. The molecule has 2 unspecified atom stereocenters. The highest BCUT2D eigenvalue weighted by molar-refractivity contribution is 6.31. The van der Waals surface area contributed by atoms with Crippen molar-refractivity contribution >= 4 is 11.6 Å². The third-order valence-corrected chi connectivity index (χ3v) is 5.86. The van der Waals surface area contributed by atoms with Crippen LogP contribution in [0.1, 0.15) is 5.56 Å². The molecule has 192 valence electrons. The number of hydrogen-bond donors (Lipinski definition) is 1. The molecule has 5 rings (SSSR count). The summed E-state index contributed by atoms with van der Waals surface area (Å²) in [6.07, 6.45) is 4.83. The van der Waals surface area contributed by atoms with Crippen LogP contribution in [-0.4, -0.2) is 39.2 Å². The third-order valence-electron chi connectivity index (χ3n) is 5.55. The minimum absolute atomic E-state index is 0.244. The molecule has 0 radical (unpaired) electrons. The normalized spacial score (nSPS) is 18.6. The van der Waals surface area contributed by atoms with Gasteiger partial charge in [0.05, 0.1) is 24.5 Å². The highest BCUT2D eigenvalue weighted by Gasteiger charge is 2.45. The molecule has 1 aliphatic heterocycles. The van der Waals surface area contributed by atoms with E-state index in [1.165, 1.54) is 12.1 Å². The van der Waals surface area contributed by atoms with Crippen molar-refractivity contribution in [3.63, 3.8) is 0 Å². The summed E-state index contributed by atoms with van der Waals surface area (Å²) in [5.74, 6) is -0.847. The molecule has 2 heterocycles. The summed E-state index contributed by atoms with van der Waals surface area (Å²) in [4.78, 5) is 12.4. The van der Waals surface area contributed by atoms with Crippen LogP contribution in [0.2, 0.25) is 5.02 Å². The molecule has 1 aromatic heterocycles. The number of halogens is 2. The Hall–Kier alpha value is -3.99. The zero-order valence-electron chi connectivity index (χ0n) is 19.4. The molecule has 9 nitrogen and oxygen atoms in total. The smallest absolute Gasteiger partial charge is 0.291 e. The quantitative estimate of drug-likeness (QED) is 0.255. The maximum atomic E-state index is 13.7.